The van der Waals surface area contributed by atoms with Gasteiger partial charge in [0, 0.05) is 11.9 Å². The van der Waals surface area contributed by atoms with Crippen molar-refractivity contribution in [1.82, 2.24) is 3.97 Å². The molecule has 116 valence electrons. The number of hydrogen-bond acceptors (Lipinski definition) is 2. The van der Waals surface area contributed by atoms with Crippen LogP contribution in [0.25, 0.3) is 0 Å². The van der Waals surface area contributed by atoms with E-state index in [1.807, 2.05) is 25.1 Å². The van der Waals surface area contributed by atoms with E-state index in [0.29, 0.717) is 10.8 Å². The van der Waals surface area contributed by atoms with Crippen LogP contribution in [0.1, 0.15) is 36.1 Å². The number of aryl methyl sites for hydroxylation is 2. The Balaban J connectivity index is 1.74. The summed E-state index contributed by atoms with van der Waals surface area (Å²) in [5.41, 5.74) is 3.30. The molecule has 0 N–H and O–H groups in total. The van der Waals surface area contributed by atoms with Crippen LogP contribution in [0.2, 0.25) is 0 Å². The lowest BCUT2D eigenvalue weighted by atomic mass is 9.85. The summed E-state index contributed by atoms with van der Waals surface area (Å²) < 4.78 is 27.4. The molecule has 1 aromatic carbocycles. The molecule has 1 aromatic heterocycles. The van der Waals surface area contributed by atoms with E-state index in [9.17, 15) is 8.42 Å². The van der Waals surface area contributed by atoms with Crippen LogP contribution in [-0.2, 0) is 22.9 Å². The van der Waals surface area contributed by atoms with Crippen molar-refractivity contribution < 1.29 is 8.42 Å². The van der Waals surface area contributed by atoms with Crippen molar-refractivity contribution in [2.45, 2.75) is 43.9 Å². The predicted molar refractivity (Wildman–Crippen MR) is 86.4 cm³/mol. The van der Waals surface area contributed by atoms with Gasteiger partial charge in [-0.1, -0.05) is 17.7 Å². The van der Waals surface area contributed by atoms with Gasteiger partial charge in [-0.15, -0.1) is 0 Å². The quantitative estimate of drug-likeness (QED) is 0.869. The molecule has 1 heterocycles. The van der Waals surface area contributed by atoms with Crippen molar-refractivity contribution in [2.24, 2.45) is 11.8 Å². The monoisotopic (exact) mass is 315 g/mol. The van der Waals surface area contributed by atoms with E-state index in [2.05, 4.69) is 0 Å². The van der Waals surface area contributed by atoms with Crippen LogP contribution in [0.15, 0.2) is 41.4 Å². The standard InChI is InChI=1S/C18H21NO2S/c1-13-2-8-17(9-3-13)22(20,21)19-11-10-15-6-7-16(12-18(15)19)14-4-5-14/h2-3,8-11,14,16H,4-7,12H2,1H3. The molecule has 1 saturated carbocycles. The fourth-order valence-corrected chi connectivity index (χ4v) is 5.05. The molecule has 1 fully saturated rings. The van der Waals surface area contributed by atoms with E-state index in [0.717, 1.165) is 30.0 Å². The van der Waals surface area contributed by atoms with Gasteiger partial charge in [0.15, 0.2) is 0 Å². The number of fused-ring (bicyclic) bond motifs is 1. The minimum absolute atomic E-state index is 0.380. The number of hydrogen-bond donors (Lipinski definition) is 0. The SMILES string of the molecule is Cc1ccc(S(=O)(=O)n2ccc3c2CC(C2CC2)CC3)cc1. The van der Waals surface area contributed by atoms with Crippen LogP contribution in [-0.4, -0.2) is 12.4 Å². The average molecular weight is 315 g/mol. The number of benzene rings is 1. The zero-order chi connectivity index (χ0) is 15.3. The van der Waals surface area contributed by atoms with Crippen molar-refractivity contribution >= 4 is 10.0 Å². The van der Waals surface area contributed by atoms with Crippen molar-refractivity contribution in [3.63, 3.8) is 0 Å². The lowest BCUT2D eigenvalue weighted by molar-refractivity contribution is 0.400. The Morgan fingerprint density at radius 3 is 2.41 bits per heavy atom. The lowest BCUT2D eigenvalue weighted by Crippen LogP contribution is -2.22. The zero-order valence-electron chi connectivity index (χ0n) is 12.8. The van der Waals surface area contributed by atoms with Gasteiger partial charge in [0.2, 0.25) is 0 Å². The van der Waals surface area contributed by atoms with Gasteiger partial charge in [-0.3, -0.25) is 0 Å². The third kappa shape index (κ3) is 2.30. The minimum atomic E-state index is -3.47. The summed E-state index contributed by atoms with van der Waals surface area (Å²) in [5.74, 6) is 1.51. The molecule has 0 saturated heterocycles. The van der Waals surface area contributed by atoms with Gasteiger partial charge in [-0.25, -0.2) is 12.4 Å². The maximum Gasteiger partial charge on any atom is 0.267 e. The van der Waals surface area contributed by atoms with Gasteiger partial charge in [0.1, 0.15) is 0 Å². The van der Waals surface area contributed by atoms with Crippen molar-refractivity contribution in [3.8, 4) is 0 Å². The fraction of sp³-hybridized carbons (Fsp3) is 0.444. The minimum Gasteiger partial charge on any atom is -0.246 e. The molecular weight excluding hydrogens is 294 g/mol. The summed E-state index contributed by atoms with van der Waals surface area (Å²) in [7, 11) is -3.47. The number of rotatable bonds is 3. The van der Waals surface area contributed by atoms with Crippen LogP contribution in [0.3, 0.4) is 0 Å². The molecule has 2 aromatic rings. The summed E-state index contributed by atoms with van der Waals surface area (Å²) in [5, 5.41) is 0. The van der Waals surface area contributed by atoms with Gasteiger partial charge < -0.3 is 0 Å². The molecule has 0 bridgehead atoms. The molecule has 0 amide bonds. The third-order valence-electron chi connectivity index (χ3n) is 5.15. The molecule has 0 radical (unpaired) electrons. The molecule has 0 spiro atoms. The Labute approximate surface area is 132 Å². The average Bonchev–Trinajstić information content (AvgIpc) is 3.26. The van der Waals surface area contributed by atoms with Gasteiger partial charge in [-0.05, 0) is 74.6 Å². The predicted octanol–water partition coefficient (Wildman–Crippen LogP) is 3.55. The van der Waals surface area contributed by atoms with E-state index >= 15 is 0 Å². The van der Waals surface area contributed by atoms with Gasteiger partial charge >= 0.3 is 0 Å². The summed E-state index contributed by atoms with van der Waals surface area (Å²) in [4.78, 5) is 0.380. The second kappa shape index (κ2) is 4.98. The Bertz CT molecular complexity index is 798. The van der Waals surface area contributed by atoms with Crippen LogP contribution < -0.4 is 0 Å². The van der Waals surface area contributed by atoms with E-state index in [1.165, 1.54) is 28.8 Å². The van der Waals surface area contributed by atoms with E-state index in [4.69, 9.17) is 0 Å². The molecule has 22 heavy (non-hydrogen) atoms. The Morgan fingerprint density at radius 2 is 1.73 bits per heavy atom. The Hall–Kier alpha value is -1.55. The zero-order valence-corrected chi connectivity index (χ0v) is 13.6. The van der Waals surface area contributed by atoms with Crippen molar-refractivity contribution in [2.75, 3.05) is 0 Å². The van der Waals surface area contributed by atoms with Crippen LogP contribution >= 0.6 is 0 Å². The topological polar surface area (TPSA) is 39.1 Å². The molecule has 4 heteroatoms. The van der Waals surface area contributed by atoms with Crippen molar-refractivity contribution in [3.05, 3.63) is 53.3 Å². The molecule has 2 aliphatic rings. The van der Waals surface area contributed by atoms with E-state index in [1.54, 1.807) is 18.3 Å². The van der Waals surface area contributed by atoms with Crippen molar-refractivity contribution in [1.29, 1.82) is 0 Å². The lowest BCUT2D eigenvalue weighted by Gasteiger charge is -2.24. The highest BCUT2D eigenvalue weighted by Gasteiger charge is 2.35. The first-order valence-corrected chi connectivity index (χ1v) is 9.51. The van der Waals surface area contributed by atoms with Gasteiger partial charge in [0.05, 0.1) is 4.90 Å². The summed E-state index contributed by atoms with van der Waals surface area (Å²) in [6.07, 6.45) is 7.54. The third-order valence-corrected chi connectivity index (χ3v) is 6.88. The maximum atomic E-state index is 12.9. The normalized spacial score (nSPS) is 21.6. The second-order valence-corrected chi connectivity index (χ2v) is 8.56. The summed E-state index contributed by atoms with van der Waals surface area (Å²) in [6.45, 7) is 1.97. The molecule has 3 nitrogen and oxygen atoms in total. The first-order valence-electron chi connectivity index (χ1n) is 8.07. The molecule has 1 unspecified atom stereocenters. The van der Waals surface area contributed by atoms with Gasteiger partial charge in [0.25, 0.3) is 10.0 Å². The summed E-state index contributed by atoms with van der Waals surface area (Å²) >= 11 is 0. The smallest absolute Gasteiger partial charge is 0.246 e. The summed E-state index contributed by atoms with van der Waals surface area (Å²) in [6, 6.07) is 9.12. The Kier molecular flexibility index (Phi) is 3.19. The second-order valence-electron chi connectivity index (χ2n) is 6.74. The molecule has 1 atom stereocenters. The number of aromatic nitrogens is 1. The van der Waals surface area contributed by atoms with Crippen LogP contribution in [0.5, 0.6) is 0 Å². The highest BCUT2D eigenvalue weighted by atomic mass is 32.2. The largest absolute Gasteiger partial charge is 0.267 e. The first-order chi connectivity index (χ1) is 10.6. The highest BCUT2D eigenvalue weighted by molar-refractivity contribution is 7.90. The Morgan fingerprint density at radius 1 is 1.00 bits per heavy atom. The van der Waals surface area contributed by atoms with Crippen LogP contribution in [0.4, 0.5) is 0 Å². The molecule has 4 rings (SSSR count). The fourth-order valence-electron chi connectivity index (χ4n) is 3.64. The molecular formula is C18H21NO2S. The van der Waals surface area contributed by atoms with Crippen LogP contribution in [0, 0.1) is 18.8 Å². The van der Waals surface area contributed by atoms with Gasteiger partial charge in [-0.2, -0.15) is 0 Å². The van der Waals surface area contributed by atoms with E-state index in [-0.39, 0.29) is 0 Å². The van der Waals surface area contributed by atoms with E-state index < -0.39 is 10.0 Å². The molecule has 2 aliphatic carbocycles. The molecule has 0 aliphatic heterocycles. The maximum absolute atomic E-state index is 12.9. The first kappa shape index (κ1) is 14.1. The highest BCUT2D eigenvalue weighted by Crippen LogP contribution is 2.43. The number of nitrogens with zero attached hydrogens (tertiary/aromatic N) is 1.